The SMILES string of the molecule is C1COCCO1.[SiH3][SiH2][SiH2][SiH2][SiH3]. The quantitative estimate of drug-likeness (QED) is 0.450. The Morgan fingerprint density at radius 3 is 1.27 bits per heavy atom. The second-order valence-corrected chi connectivity index (χ2v) is 37.8. The minimum atomic E-state index is 0.778. The molecule has 0 bridgehead atoms. The Morgan fingerprint density at radius 2 is 1.18 bits per heavy atom. The Morgan fingerprint density at radius 1 is 0.818 bits per heavy atom. The standard InChI is InChI=1S/C4H8O2.H12Si5/c1-2-6-4-3-5-1;1-3-5-4-2/h1-4H2;3-5H2,1-2H3. The predicted molar refractivity (Wildman–Crippen MR) is 67.1 cm³/mol. The molecule has 11 heavy (non-hydrogen) atoms. The molecule has 0 unspecified atom stereocenters. The van der Waals surface area contributed by atoms with Gasteiger partial charge in [0.05, 0.1) is 26.4 Å². The molecule has 1 rings (SSSR count). The molecule has 0 aliphatic carbocycles. The third-order valence-corrected chi connectivity index (χ3v) is 58.0. The molecule has 0 aromatic carbocycles. The van der Waals surface area contributed by atoms with Gasteiger partial charge in [-0.3, -0.25) is 0 Å². The van der Waals surface area contributed by atoms with Gasteiger partial charge in [-0.2, -0.15) is 0 Å². The van der Waals surface area contributed by atoms with E-state index in [4.69, 9.17) is 9.47 Å². The molecule has 7 heteroatoms. The van der Waals surface area contributed by atoms with Crippen molar-refractivity contribution in [1.82, 2.24) is 0 Å². The van der Waals surface area contributed by atoms with Gasteiger partial charge in [0.1, 0.15) is 0 Å². The third-order valence-electron chi connectivity index (χ3n) is 1.45. The Hall–Kier alpha value is 1.00. The normalized spacial score (nSPS) is 20.7. The maximum absolute atomic E-state index is 4.94. The summed E-state index contributed by atoms with van der Waals surface area (Å²) in [5, 5.41) is 0. The van der Waals surface area contributed by atoms with Crippen molar-refractivity contribution in [3.63, 3.8) is 0 Å². The molecule has 1 fully saturated rings. The third kappa shape index (κ3) is 11.0. The lowest BCUT2D eigenvalue weighted by molar-refractivity contribution is -0.0334. The van der Waals surface area contributed by atoms with E-state index in [1.165, 1.54) is 0 Å². The number of hydrogen-bond acceptors (Lipinski definition) is 2. The summed E-state index contributed by atoms with van der Waals surface area (Å²) < 4.78 is 9.89. The van der Waals surface area contributed by atoms with Crippen LogP contribution in [0.3, 0.4) is 0 Å². The summed E-state index contributed by atoms with van der Waals surface area (Å²) in [6, 6.07) is 0. The Labute approximate surface area is 81.3 Å². The fourth-order valence-electron chi connectivity index (χ4n) is 0.793. The van der Waals surface area contributed by atoms with Crippen LogP contribution in [0, 0.1) is 0 Å². The number of ether oxygens (including phenoxy) is 2. The van der Waals surface area contributed by atoms with Crippen LogP contribution in [0.2, 0.25) is 0 Å². The van der Waals surface area contributed by atoms with Gasteiger partial charge < -0.3 is 9.47 Å². The van der Waals surface area contributed by atoms with Gasteiger partial charge in [-0.15, -0.1) is 0 Å². The van der Waals surface area contributed by atoms with Crippen LogP contribution in [0.1, 0.15) is 0 Å². The van der Waals surface area contributed by atoms with E-state index in [1.807, 2.05) is 0 Å². The van der Waals surface area contributed by atoms with Crippen molar-refractivity contribution in [1.29, 1.82) is 0 Å². The first-order valence-electron chi connectivity index (χ1n) is 4.57. The molecule has 0 saturated carbocycles. The lowest BCUT2D eigenvalue weighted by Crippen LogP contribution is -2.16. The molecule has 2 nitrogen and oxygen atoms in total. The summed E-state index contributed by atoms with van der Waals surface area (Å²) in [7, 11) is 5.72. The summed E-state index contributed by atoms with van der Waals surface area (Å²) in [6.07, 6.45) is 0. The largest absolute Gasteiger partial charge is 0.377 e. The van der Waals surface area contributed by atoms with E-state index in [0.29, 0.717) is 0 Å². The van der Waals surface area contributed by atoms with Gasteiger partial charge in [0.25, 0.3) is 0 Å². The Kier molecular flexibility index (Phi) is 12.0. The Balaban J connectivity index is 0.000000187. The molecule has 0 N–H and O–H groups in total. The zero-order valence-electron chi connectivity index (χ0n) is 7.77. The molecule has 0 atom stereocenters. The van der Waals surface area contributed by atoms with Crippen molar-refractivity contribution in [3.05, 3.63) is 0 Å². The fraction of sp³-hybridized carbons (Fsp3) is 1.00. The molecular weight excluding hydrogens is 220 g/mol. The number of rotatable bonds is 2. The summed E-state index contributed by atoms with van der Waals surface area (Å²) >= 11 is 0. The number of hydrogen-bond donors (Lipinski definition) is 0. The highest BCUT2D eigenvalue weighted by molar-refractivity contribution is 7.49. The summed E-state index contributed by atoms with van der Waals surface area (Å²) in [5.74, 6) is 0. The predicted octanol–water partition coefficient (Wildman–Crippen LogP) is -5.08. The molecule has 1 heterocycles. The highest BCUT2D eigenvalue weighted by Gasteiger charge is 1.94. The first kappa shape index (κ1) is 12.0. The van der Waals surface area contributed by atoms with Crippen molar-refractivity contribution in [2.75, 3.05) is 26.4 Å². The van der Waals surface area contributed by atoms with Gasteiger partial charge in [0.15, 0.2) is 0 Å². The molecule has 0 aromatic heterocycles. The minimum Gasteiger partial charge on any atom is -0.377 e. The fourth-order valence-corrected chi connectivity index (χ4v) is 86.4. The zero-order chi connectivity index (χ0) is 8.36. The lowest BCUT2D eigenvalue weighted by atomic mass is 10.6. The van der Waals surface area contributed by atoms with Gasteiger partial charge in [-0.05, 0) is 45.2 Å². The second kappa shape index (κ2) is 11.0. The Bertz CT molecular complexity index is 56.0. The van der Waals surface area contributed by atoms with Crippen LogP contribution in [-0.4, -0.2) is 71.6 Å². The van der Waals surface area contributed by atoms with Crippen molar-refractivity contribution < 1.29 is 9.47 Å². The van der Waals surface area contributed by atoms with Gasteiger partial charge in [0.2, 0.25) is 0 Å². The van der Waals surface area contributed by atoms with Crippen LogP contribution in [-0.2, 0) is 9.47 Å². The highest BCUT2D eigenvalue weighted by atomic mass is 29.8. The van der Waals surface area contributed by atoms with Gasteiger partial charge in [-0.25, -0.2) is 0 Å². The average Bonchev–Trinajstić information content (AvgIpc) is 2.10. The molecule has 0 amide bonds. The molecule has 0 radical (unpaired) electrons. The summed E-state index contributed by atoms with van der Waals surface area (Å²) in [4.78, 5) is 0. The van der Waals surface area contributed by atoms with E-state index < -0.39 is 0 Å². The van der Waals surface area contributed by atoms with Crippen molar-refractivity contribution in [2.24, 2.45) is 0 Å². The summed E-state index contributed by atoms with van der Waals surface area (Å²) in [6.45, 7) is 3.11. The zero-order valence-corrected chi connectivity index (χ0v) is 16.0. The van der Waals surface area contributed by atoms with Crippen LogP contribution in [0.4, 0.5) is 0 Å². The molecule has 0 aromatic rings. The maximum atomic E-state index is 4.94. The van der Waals surface area contributed by atoms with Gasteiger partial charge in [-0.1, -0.05) is 0 Å². The van der Waals surface area contributed by atoms with Crippen LogP contribution in [0.5, 0.6) is 0 Å². The molecule has 1 aliphatic rings. The van der Waals surface area contributed by atoms with E-state index in [0.717, 1.165) is 52.1 Å². The van der Waals surface area contributed by atoms with Crippen LogP contribution < -0.4 is 0 Å². The average molecular weight is 241 g/mol. The summed E-state index contributed by atoms with van der Waals surface area (Å²) in [5.41, 5.74) is 0. The van der Waals surface area contributed by atoms with Gasteiger partial charge in [0, 0.05) is 0 Å². The van der Waals surface area contributed by atoms with Gasteiger partial charge >= 0.3 is 0 Å². The van der Waals surface area contributed by atoms with Crippen molar-refractivity contribution in [2.45, 2.75) is 0 Å². The smallest absolute Gasteiger partial charge is 0.0701 e. The molecule has 1 aliphatic heterocycles. The monoisotopic (exact) mass is 240 g/mol. The van der Waals surface area contributed by atoms with Crippen LogP contribution in [0.25, 0.3) is 0 Å². The van der Waals surface area contributed by atoms with Crippen LogP contribution >= 0.6 is 0 Å². The maximum Gasteiger partial charge on any atom is 0.0701 e. The molecule has 0 spiro atoms. The molecular formula is C4H20O2Si5. The molecule has 68 valence electrons. The van der Waals surface area contributed by atoms with Crippen LogP contribution in [0.15, 0.2) is 0 Å². The molecule has 1 saturated heterocycles. The van der Waals surface area contributed by atoms with E-state index in [-0.39, 0.29) is 0 Å². The second-order valence-electron chi connectivity index (χ2n) is 2.58. The van der Waals surface area contributed by atoms with E-state index in [2.05, 4.69) is 0 Å². The highest BCUT2D eigenvalue weighted by Crippen LogP contribution is 1.85. The topological polar surface area (TPSA) is 18.5 Å². The van der Waals surface area contributed by atoms with E-state index in [1.54, 1.807) is 19.5 Å². The minimum absolute atomic E-state index is 0.778. The first-order chi connectivity index (χ1) is 5.41. The van der Waals surface area contributed by atoms with Crippen molar-refractivity contribution >= 4 is 45.2 Å². The van der Waals surface area contributed by atoms with E-state index >= 15 is 0 Å². The van der Waals surface area contributed by atoms with Crippen molar-refractivity contribution in [3.8, 4) is 0 Å². The van der Waals surface area contributed by atoms with E-state index in [9.17, 15) is 0 Å². The lowest BCUT2D eigenvalue weighted by Gasteiger charge is -2.09. The first-order valence-corrected chi connectivity index (χ1v) is 23.9.